The Labute approximate surface area is 99.4 Å². The number of aromatic carboxylic acids is 1. The largest absolute Gasteiger partial charge is 0.496 e. The van der Waals surface area contributed by atoms with Crippen LogP contribution in [0, 0.1) is 13.8 Å². The molecule has 1 aromatic heterocycles. The minimum absolute atomic E-state index is 0.288. The maximum absolute atomic E-state index is 11.1. The van der Waals surface area contributed by atoms with Crippen molar-refractivity contribution in [1.29, 1.82) is 0 Å². The van der Waals surface area contributed by atoms with Crippen molar-refractivity contribution in [3.05, 3.63) is 29.0 Å². The first-order chi connectivity index (χ1) is 7.97. The zero-order valence-electron chi connectivity index (χ0n) is 10.4. The van der Waals surface area contributed by atoms with E-state index < -0.39 is 5.97 Å². The van der Waals surface area contributed by atoms with E-state index >= 15 is 0 Å². The highest BCUT2D eigenvalue weighted by atomic mass is 16.5. The van der Waals surface area contributed by atoms with E-state index in [9.17, 15) is 4.79 Å². The van der Waals surface area contributed by atoms with Gasteiger partial charge in [0.05, 0.1) is 12.6 Å². The monoisotopic (exact) mass is 233 g/mol. The number of nitrogens with zero attached hydrogens (tertiary/aromatic N) is 1. The second-order valence-electron chi connectivity index (χ2n) is 4.16. The molecular weight excluding hydrogens is 218 g/mol. The third-order valence-electron chi connectivity index (χ3n) is 3.32. The summed E-state index contributed by atoms with van der Waals surface area (Å²) in [4.78, 5) is 11.1. The van der Waals surface area contributed by atoms with E-state index in [1.54, 1.807) is 24.8 Å². The standard InChI is InChI=1S/C13H15NO3/c1-7-8(2)12(17-4)6-10-9(7)5-11(13(15)16)14(10)3/h5-6H,1-4H3,(H,15,16). The Kier molecular flexibility index (Phi) is 2.58. The van der Waals surface area contributed by atoms with Crippen LogP contribution in [0.2, 0.25) is 0 Å². The molecule has 1 aromatic carbocycles. The van der Waals surface area contributed by atoms with Gasteiger partial charge in [0, 0.05) is 18.5 Å². The van der Waals surface area contributed by atoms with Crippen molar-refractivity contribution in [1.82, 2.24) is 4.57 Å². The van der Waals surface area contributed by atoms with Gasteiger partial charge in [-0.2, -0.15) is 0 Å². The van der Waals surface area contributed by atoms with Gasteiger partial charge in [0.2, 0.25) is 0 Å². The van der Waals surface area contributed by atoms with Gasteiger partial charge >= 0.3 is 5.97 Å². The highest BCUT2D eigenvalue weighted by Gasteiger charge is 2.16. The molecule has 0 unspecified atom stereocenters. The minimum Gasteiger partial charge on any atom is -0.496 e. The molecule has 1 heterocycles. The third kappa shape index (κ3) is 1.56. The lowest BCUT2D eigenvalue weighted by atomic mass is 10.0. The summed E-state index contributed by atoms with van der Waals surface area (Å²) >= 11 is 0. The molecule has 0 saturated carbocycles. The summed E-state index contributed by atoms with van der Waals surface area (Å²) < 4.78 is 6.97. The second kappa shape index (κ2) is 3.80. The number of aryl methyl sites for hydroxylation is 2. The van der Waals surface area contributed by atoms with Crippen LogP contribution in [0.25, 0.3) is 10.9 Å². The van der Waals surface area contributed by atoms with Gasteiger partial charge in [0.15, 0.2) is 0 Å². The summed E-state index contributed by atoms with van der Waals surface area (Å²) in [7, 11) is 3.37. The fraction of sp³-hybridized carbons (Fsp3) is 0.308. The molecule has 0 spiro atoms. The average molecular weight is 233 g/mol. The second-order valence-corrected chi connectivity index (χ2v) is 4.16. The number of rotatable bonds is 2. The lowest BCUT2D eigenvalue weighted by Gasteiger charge is -2.09. The summed E-state index contributed by atoms with van der Waals surface area (Å²) in [5.74, 6) is -0.132. The molecule has 0 aliphatic rings. The Bertz CT molecular complexity index is 611. The summed E-state index contributed by atoms with van der Waals surface area (Å²) in [6, 6.07) is 3.59. The summed E-state index contributed by atoms with van der Waals surface area (Å²) in [6.45, 7) is 3.95. The smallest absolute Gasteiger partial charge is 0.352 e. The van der Waals surface area contributed by atoms with Crippen molar-refractivity contribution >= 4 is 16.9 Å². The number of methoxy groups -OCH3 is 1. The van der Waals surface area contributed by atoms with E-state index in [4.69, 9.17) is 9.84 Å². The molecule has 2 rings (SSSR count). The Morgan fingerprint density at radius 3 is 2.47 bits per heavy atom. The van der Waals surface area contributed by atoms with E-state index in [1.807, 2.05) is 19.9 Å². The van der Waals surface area contributed by atoms with Crippen LogP contribution in [-0.4, -0.2) is 22.8 Å². The molecule has 0 saturated heterocycles. The molecular formula is C13H15NO3. The molecule has 0 amide bonds. The number of fused-ring (bicyclic) bond motifs is 1. The van der Waals surface area contributed by atoms with Gasteiger partial charge < -0.3 is 14.4 Å². The number of carboxylic acid groups (broad SMARTS) is 1. The van der Waals surface area contributed by atoms with Crippen LogP contribution in [0.4, 0.5) is 0 Å². The van der Waals surface area contributed by atoms with Crippen molar-refractivity contribution in [3.63, 3.8) is 0 Å². The fourth-order valence-electron chi connectivity index (χ4n) is 2.13. The molecule has 17 heavy (non-hydrogen) atoms. The molecule has 4 nitrogen and oxygen atoms in total. The van der Waals surface area contributed by atoms with E-state index in [1.165, 1.54) is 0 Å². The number of hydrogen-bond donors (Lipinski definition) is 1. The number of carbonyl (C=O) groups is 1. The van der Waals surface area contributed by atoms with E-state index in [2.05, 4.69) is 0 Å². The van der Waals surface area contributed by atoms with E-state index in [0.717, 1.165) is 27.8 Å². The molecule has 2 aromatic rings. The predicted molar refractivity (Wildman–Crippen MR) is 65.9 cm³/mol. The van der Waals surface area contributed by atoms with Crippen LogP contribution in [0.15, 0.2) is 12.1 Å². The number of ether oxygens (including phenoxy) is 1. The van der Waals surface area contributed by atoms with Gasteiger partial charge in [0.25, 0.3) is 0 Å². The molecule has 4 heteroatoms. The van der Waals surface area contributed by atoms with Crippen LogP contribution in [0.3, 0.4) is 0 Å². The third-order valence-corrected chi connectivity index (χ3v) is 3.32. The van der Waals surface area contributed by atoms with Gasteiger partial charge in [-0.15, -0.1) is 0 Å². The van der Waals surface area contributed by atoms with E-state index in [-0.39, 0.29) is 5.69 Å². The summed E-state index contributed by atoms with van der Waals surface area (Å²) in [5, 5.41) is 10.1. The number of carboxylic acids is 1. The first kappa shape index (κ1) is 11.5. The topological polar surface area (TPSA) is 51.5 Å². The predicted octanol–water partition coefficient (Wildman–Crippen LogP) is 2.50. The first-order valence-electron chi connectivity index (χ1n) is 5.34. The van der Waals surface area contributed by atoms with Crippen molar-refractivity contribution in [2.45, 2.75) is 13.8 Å². The van der Waals surface area contributed by atoms with Crippen molar-refractivity contribution in [3.8, 4) is 5.75 Å². The zero-order valence-corrected chi connectivity index (χ0v) is 10.4. The van der Waals surface area contributed by atoms with Crippen molar-refractivity contribution < 1.29 is 14.6 Å². The van der Waals surface area contributed by atoms with Gasteiger partial charge in [-0.3, -0.25) is 0 Å². The highest BCUT2D eigenvalue weighted by Crippen LogP contribution is 2.31. The van der Waals surface area contributed by atoms with Crippen molar-refractivity contribution in [2.24, 2.45) is 7.05 Å². The van der Waals surface area contributed by atoms with Gasteiger partial charge in [-0.05, 0) is 31.0 Å². The molecule has 0 fully saturated rings. The molecule has 0 aliphatic heterocycles. The Morgan fingerprint density at radius 1 is 1.29 bits per heavy atom. The van der Waals surface area contributed by atoms with Crippen LogP contribution >= 0.6 is 0 Å². The van der Waals surface area contributed by atoms with Crippen LogP contribution in [0.5, 0.6) is 5.75 Å². The summed E-state index contributed by atoms with van der Waals surface area (Å²) in [6.07, 6.45) is 0. The molecule has 1 N–H and O–H groups in total. The normalized spacial score (nSPS) is 10.8. The molecule has 90 valence electrons. The highest BCUT2D eigenvalue weighted by molar-refractivity contribution is 5.96. The Hall–Kier alpha value is -1.97. The Morgan fingerprint density at radius 2 is 1.94 bits per heavy atom. The van der Waals surface area contributed by atoms with Crippen LogP contribution in [0.1, 0.15) is 21.6 Å². The van der Waals surface area contributed by atoms with Crippen LogP contribution < -0.4 is 4.74 Å². The zero-order chi connectivity index (χ0) is 12.7. The SMILES string of the molecule is COc1cc2c(cc(C(=O)O)n2C)c(C)c1C. The van der Waals surface area contributed by atoms with Gasteiger partial charge in [-0.25, -0.2) is 4.79 Å². The van der Waals surface area contributed by atoms with Crippen molar-refractivity contribution in [2.75, 3.05) is 7.11 Å². The number of benzene rings is 1. The lowest BCUT2D eigenvalue weighted by molar-refractivity contribution is 0.0687. The number of hydrogen-bond acceptors (Lipinski definition) is 2. The quantitative estimate of drug-likeness (QED) is 0.867. The molecule has 0 aliphatic carbocycles. The van der Waals surface area contributed by atoms with Gasteiger partial charge in [-0.1, -0.05) is 0 Å². The average Bonchev–Trinajstić information content (AvgIpc) is 2.61. The van der Waals surface area contributed by atoms with E-state index in [0.29, 0.717) is 0 Å². The maximum atomic E-state index is 11.1. The fourth-order valence-corrected chi connectivity index (χ4v) is 2.13. The lowest BCUT2D eigenvalue weighted by Crippen LogP contribution is -2.03. The van der Waals surface area contributed by atoms with Crippen LogP contribution in [-0.2, 0) is 7.05 Å². The Balaban J connectivity index is 2.88. The maximum Gasteiger partial charge on any atom is 0.352 e. The molecule has 0 radical (unpaired) electrons. The summed E-state index contributed by atoms with van der Waals surface area (Å²) in [5.41, 5.74) is 3.27. The van der Waals surface area contributed by atoms with Gasteiger partial charge in [0.1, 0.15) is 11.4 Å². The minimum atomic E-state index is -0.917. The first-order valence-corrected chi connectivity index (χ1v) is 5.34. The number of aromatic nitrogens is 1. The molecule has 0 atom stereocenters. The molecule has 0 bridgehead atoms.